The molecule has 25 heavy (non-hydrogen) atoms. The van der Waals surface area contributed by atoms with Crippen molar-refractivity contribution in [3.8, 4) is 0 Å². The van der Waals surface area contributed by atoms with E-state index >= 15 is 0 Å². The van der Waals surface area contributed by atoms with Crippen LogP contribution in [0, 0.1) is 6.92 Å². The lowest BCUT2D eigenvalue weighted by atomic mass is 10.0. The number of hydrogen-bond acceptors (Lipinski definition) is 3. The SMILES string of the molecule is Cc1ccn(C(C)(C)C(=O)NC(Cc2ccccc2)C(=O)O)c(=O)c1. The van der Waals surface area contributed by atoms with E-state index in [1.54, 1.807) is 45.2 Å². The molecule has 2 N–H and O–H groups in total. The van der Waals surface area contributed by atoms with Gasteiger partial charge in [-0.3, -0.25) is 9.59 Å². The fraction of sp³-hybridized carbons (Fsp3) is 0.316. The van der Waals surface area contributed by atoms with Gasteiger partial charge in [-0.1, -0.05) is 30.3 Å². The van der Waals surface area contributed by atoms with E-state index in [1.165, 1.54) is 10.6 Å². The highest BCUT2D eigenvalue weighted by atomic mass is 16.4. The van der Waals surface area contributed by atoms with E-state index in [0.29, 0.717) is 0 Å². The van der Waals surface area contributed by atoms with Crippen molar-refractivity contribution in [3.05, 3.63) is 70.1 Å². The zero-order valence-electron chi connectivity index (χ0n) is 14.5. The van der Waals surface area contributed by atoms with Crippen LogP contribution in [0.1, 0.15) is 25.0 Å². The van der Waals surface area contributed by atoms with Crippen LogP contribution >= 0.6 is 0 Å². The first kappa shape index (κ1) is 18.4. The lowest BCUT2D eigenvalue weighted by Gasteiger charge is -2.28. The van der Waals surface area contributed by atoms with Crippen molar-refractivity contribution >= 4 is 11.9 Å². The van der Waals surface area contributed by atoms with Crippen molar-refractivity contribution in [1.82, 2.24) is 9.88 Å². The Bertz CT molecular complexity index is 825. The molecular formula is C19H22N2O4. The molecule has 1 heterocycles. The Balaban J connectivity index is 2.22. The van der Waals surface area contributed by atoms with E-state index in [9.17, 15) is 19.5 Å². The number of benzene rings is 1. The van der Waals surface area contributed by atoms with Crippen LogP contribution in [-0.4, -0.2) is 27.6 Å². The summed E-state index contributed by atoms with van der Waals surface area (Å²) in [4.78, 5) is 36.4. The number of carboxylic acids is 1. The van der Waals surface area contributed by atoms with Crippen LogP contribution in [0.3, 0.4) is 0 Å². The van der Waals surface area contributed by atoms with Crippen molar-refractivity contribution in [1.29, 1.82) is 0 Å². The number of pyridine rings is 1. The second-order valence-electron chi connectivity index (χ2n) is 6.53. The summed E-state index contributed by atoms with van der Waals surface area (Å²) in [6.45, 7) is 4.96. The second-order valence-corrected chi connectivity index (χ2v) is 6.53. The van der Waals surface area contributed by atoms with E-state index in [2.05, 4.69) is 5.32 Å². The van der Waals surface area contributed by atoms with Crippen molar-refractivity contribution in [3.63, 3.8) is 0 Å². The second kappa shape index (κ2) is 7.34. The quantitative estimate of drug-likeness (QED) is 0.836. The molecule has 0 fully saturated rings. The first-order chi connectivity index (χ1) is 11.7. The van der Waals surface area contributed by atoms with Crippen molar-refractivity contribution in [2.75, 3.05) is 0 Å². The molecule has 0 saturated heterocycles. The first-order valence-corrected chi connectivity index (χ1v) is 7.99. The van der Waals surface area contributed by atoms with E-state index in [1.807, 2.05) is 18.2 Å². The van der Waals surface area contributed by atoms with Gasteiger partial charge in [0.2, 0.25) is 5.91 Å². The third kappa shape index (κ3) is 4.35. The molecular weight excluding hydrogens is 320 g/mol. The summed E-state index contributed by atoms with van der Waals surface area (Å²) in [5.74, 6) is -1.65. The summed E-state index contributed by atoms with van der Waals surface area (Å²) in [7, 11) is 0. The van der Waals surface area contributed by atoms with Crippen LogP contribution in [0.5, 0.6) is 0 Å². The van der Waals surface area contributed by atoms with E-state index in [-0.39, 0.29) is 12.0 Å². The molecule has 6 heteroatoms. The van der Waals surface area contributed by atoms with Crippen molar-refractivity contribution in [2.45, 2.75) is 38.8 Å². The van der Waals surface area contributed by atoms with Gasteiger partial charge < -0.3 is 15.0 Å². The minimum Gasteiger partial charge on any atom is -0.480 e. The Hall–Kier alpha value is -2.89. The molecule has 0 saturated carbocycles. The average molecular weight is 342 g/mol. The summed E-state index contributed by atoms with van der Waals surface area (Å²) < 4.78 is 1.30. The average Bonchev–Trinajstić information content (AvgIpc) is 2.54. The molecule has 0 aliphatic rings. The number of aromatic nitrogens is 1. The van der Waals surface area contributed by atoms with E-state index < -0.39 is 23.5 Å². The summed E-state index contributed by atoms with van der Waals surface area (Å²) in [6, 6.07) is 11.2. The van der Waals surface area contributed by atoms with E-state index in [4.69, 9.17) is 0 Å². The summed E-state index contributed by atoms with van der Waals surface area (Å²) in [6.07, 6.45) is 1.71. The van der Waals surface area contributed by atoms with Crippen LogP contribution in [-0.2, 0) is 21.5 Å². The third-order valence-electron chi connectivity index (χ3n) is 4.12. The van der Waals surface area contributed by atoms with Crippen LogP contribution in [0.2, 0.25) is 0 Å². The maximum atomic E-state index is 12.7. The minimum atomic E-state index is -1.21. The highest BCUT2D eigenvalue weighted by Crippen LogP contribution is 2.14. The molecule has 0 aliphatic carbocycles. The fourth-order valence-corrected chi connectivity index (χ4v) is 2.53. The molecule has 2 aromatic rings. The van der Waals surface area contributed by atoms with Crippen LogP contribution in [0.15, 0.2) is 53.5 Å². The van der Waals surface area contributed by atoms with Gasteiger partial charge >= 0.3 is 5.97 Å². The normalized spacial score (nSPS) is 12.4. The maximum Gasteiger partial charge on any atom is 0.326 e. The Morgan fingerprint density at radius 2 is 1.84 bits per heavy atom. The van der Waals surface area contributed by atoms with Gasteiger partial charge in [0.1, 0.15) is 11.6 Å². The number of nitrogens with zero attached hydrogens (tertiary/aromatic N) is 1. The van der Waals surface area contributed by atoms with Gasteiger partial charge in [-0.05, 0) is 38.0 Å². The molecule has 132 valence electrons. The molecule has 2 rings (SSSR count). The topological polar surface area (TPSA) is 88.4 Å². The van der Waals surface area contributed by atoms with Crippen LogP contribution in [0.4, 0.5) is 0 Å². The number of hydrogen-bond donors (Lipinski definition) is 2. The highest BCUT2D eigenvalue weighted by Gasteiger charge is 2.33. The predicted octanol–water partition coefficient (Wildman–Crippen LogP) is 1.70. The molecule has 1 unspecified atom stereocenters. The Morgan fingerprint density at radius 3 is 2.40 bits per heavy atom. The Morgan fingerprint density at radius 1 is 1.20 bits per heavy atom. The number of carbonyl (C=O) groups excluding carboxylic acids is 1. The zero-order chi connectivity index (χ0) is 18.6. The summed E-state index contributed by atoms with van der Waals surface area (Å²) in [5.41, 5.74) is 0.0790. The van der Waals surface area contributed by atoms with E-state index in [0.717, 1.165) is 11.1 Å². The smallest absolute Gasteiger partial charge is 0.326 e. The van der Waals surface area contributed by atoms with Gasteiger partial charge in [0.05, 0.1) is 0 Å². The van der Waals surface area contributed by atoms with Crippen LogP contribution < -0.4 is 10.9 Å². The van der Waals surface area contributed by atoms with Crippen molar-refractivity contribution in [2.24, 2.45) is 0 Å². The molecule has 0 radical (unpaired) electrons. The van der Waals surface area contributed by atoms with Gasteiger partial charge in [0.25, 0.3) is 5.56 Å². The molecule has 0 aliphatic heterocycles. The molecule has 1 aromatic carbocycles. The number of aryl methyl sites for hydroxylation is 1. The van der Waals surface area contributed by atoms with Gasteiger partial charge in [0, 0.05) is 18.7 Å². The van der Waals surface area contributed by atoms with Gasteiger partial charge in [0.15, 0.2) is 0 Å². The Kier molecular flexibility index (Phi) is 5.41. The number of carboxylic acid groups (broad SMARTS) is 1. The summed E-state index contributed by atoms with van der Waals surface area (Å²) in [5, 5.41) is 12.0. The number of carbonyl (C=O) groups is 2. The minimum absolute atomic E-state index is 0.167. The zero-order valence-corrected chi connectivity index (χ0v) is 14.5. The van der Waals surface area contributed by atoms with Gasteiger partial charge in [-0.15, -0.1) is 0 Å². The molecule has 1 aromatic heterocycles. The lowest BCUT2D eigenvalue weighted by Crippen LogP contribution is -2.53. The maximum absolute atomic E-state index is 12.7. The number of aliphatic carboxylic acids is 1. The third-order valence-corrected chi connectivity index (χ3v) is 4.12. The monoisotopic (exact) mass is 342 g/mol. The van der Waals surface area contributed by atoms with Gasteiger partial charge in [-0.25, -0.2) is 4.79 Å². The molecule has 1 amide bonds. The Labute approximate surface area is 146 Å². The van der Waals surface area contributed by atoms with Gasteiger partial charge in [-0.2, -0.15) is 0 Å². The first-order valence-electron chi connectivity index (χ1n) is 7.99. The lowest BCUT2D eigenvalue weighted by molar-refractivity contribution is -0.143. The number of nitrogens with one attached hydrogen (secondary N) is 1. The number of rotatable bonds is 6. The molecule has 6 nitrogen and oxygen atoms in total. The van der Waals surface area contributed by atoms with Crippen molar-refractivity contribution < 1.29 is 14.7 Å². The fourth-order valence-electron chi connectivity index (χ4n) is 2.53. The highest BCUT2D eigenvalue weighted by molar-refractivity contribution is 5.88. The standard InChI is InChI=1S/C19H22N2O4/c1-13-9-10-21(16(22)11-13)19(2,3)18(25)20-15(17(23)24)12-14-7-5-4-6-8-14/h4-11,15H,12H2,1-3H3,(H,20,25)(H,23,24). The largest absolute Gasteiger partial charge is 0.480 e. The predicted molar refractivity (Wildman–Crippen MR) is 94.5 cm³/mol. The molecule has 0 bridgehead atoms. The molecule has 0 spiro atoms. The van der Waals surface area contributed by atoms with Crippen LogP contribution in [0.25, 0.3) is 0 Å². The number of amides is 1. The molecule has 1 atom stereocenters. The summed E-state index contributed by atoms with van der Waals surface area (Å²) >= 11 is 0.